The molecule has 1 aromatic heterocycles. The van der Waals surface area contributed by atoms with E-state index in [0.717, 1.165) is 54.1 Å². The number of benzene rings is 2. The summed E-state index contributed by atoms with van der Waals surface area (Å²) < 4.78 is 4.82. The molecular formula is C22H21N3O2. The van der Waals surface area contributed by atoms with Crippen LogP contribution < -0.4 is 4.90 Å². The standard InChI is InChI=1S/C22H21N3O2/c1-15(16-8-4-3-5-9-16)20-21(25-12-6-7-13-25)24-19-14-17(22(26)27-2)10-11-18(19)23-20/h3-5,8-11,14H,1,6-7,12-13H2,2H3. The van der Waals surface area contributed by atoms with Gasteiger partial charge in [0.2, 0.25) is 0 Å². The number of rotatable bonds is 4. The zero-order chi connectivity index (χ0) is 18.8. The molecule has 1 aliphatic heterocycles. The molecule has 3 aromatic rings. The fourth-order valence-electron chi connectivity index (χ4n) is 3.42. The highest BCUT2D eigenvalue weighted by molar-refractivity contribution is 5.94. The largest absolute Gasteiger partial charge is 0.465 e. The molecule has 2 aromatic carbocycles. The van der Waals surface area contributed by atoms with Gasteiger partial charge in [0, 0.05) is 18.7 Å². The van der Waals surface area contributed by atoms with Crippen LogP contribution in [0.25, 0.3) is 16.6 Å². The second kappa shape index (κ2) is 7.19. The van der Waals surface area contributed by atoms with Gasteiger partial charge in [-0.3, -0.25) is 0 Å². The lowest BCUT2D eigenvalue weighted by atomic mass is 10.0. The third-order valence-electron chi connectivity index (χ3n) is 4.88. The number of esters is 1. The highest BCUT2D eigenvalue weighted by Gasteiger charge is 2.22. The van der Waals surface area contributed by atoms with Gasteiger partial charge in [0.1, 0.15) is 5.69 Å². The maximum atomic E-state index is 11.9. The van der Waals surface area contributed by atoms with Crippen LogP contribution in [-0.4, -0.2) is 36.1 Å². The highest BCUT2D eigenvalue weighted by Crippen LogP contribution is 2.31. The van der Waals surface area contributed by atoms with E-state index < -0.39 is 0 Å². The summed E-state index contributed by atoms with van der Waals surface area (Å²) in [4.78, 5) is 23.9. The van der Waals surface area contributed by atoms with Crippen molar-refractivity contribution in [2.24, 2.45) is 0 Å². The summed E-state index contributed by atoms with van der Waals surface area (Å²) in [6, 6.07) is 15.3. The lowest BCUT2D eigenvalue weighted by Gasteiger charge is -2.21. The normalized spacial score (nSPS) is 13.7. The zero-order valence-electron chi connectivity index (χ0n) is 15.3. The van der Waals surface area contributed by atoms with Crippen molar-refractivity contribution < 1.29 is 9.53 Å². The third-order valence-corrected chi connectivity index (χ3v) is 4.88. The molecule has 4 rings (SSSR count). The molecule has 0 saturated carbocycles. The molecule has 0 aliphatic carbocycles. The van der Waals surface area contributed by atoms with Crippen molar-refractivity contribution in [1.82, 2.24) is 9.97 Å². The second-order valence-electron chi connectivity index (χ2n) is 6.63. The smallest absolute Gasteiger partial charge is 0.337 e. The molecular weight excluding hydrogens is 338 g/mol. The molecule has 1 fully saturated rings. The monoisotopic (exact) mass is 359 g/mol. The van der Waals surface area contributed by atoms with Gasteiger partial charge in [0.05, 0.1) is 23.7 Å². The van der Waals surface area contributed by atoms with Crippen molar-refractivity contribution in [1.29, 1.82) is 0 Å². The highest BCUT2D eigenvalue weighted by atomic mass is 16.5. The van der Waals surface area contributed by atoms with Crippen LogP contribution >= 0.6 is 0 Å². The third kappa shape index (κ3) is 3.28. The summed E-state index contributed by atoms with van der Waals surface area (Å²) in [5.74, 6) is 0.454. The molecule has 2 heterocycles. The minimum Gasteiger partial charge on any atom is -0.465 e. The Hall–Kier alpha value is -3.21. The van der Waals surface area contributed by atoms with Crippen molar-refractivity contribution in [3.8, 4) is 0 Å². The van der Waals surface area contributed by atoms with Crippen LogP contribution in [-0.2, 0) is 4.74 Å². The summed E-state index contributed by atoms with van der Waals surface area (Å²) in [6.45, 7) is 6.19. The van der Waals surface area contributed by atoms with Gasteiger partial charge in [-0.25, -0.2) is 14.8 Å². The van der Waals surface area contributed by atoms with E-state index in [2.05, 4.69) is 11.5 Å². The van der Waals surface area contributed by atoms with Gasteiger partial charge in [-0.1, -0.05) is 36.9 Å². The molecule has 136 valence electrons. The Bertz CT molecular complexity index is 1010. The summed E-state index contributed by atoms with van der Waals surface area (Å²) in [5, 5.41) is 0. The molecule has 0 spiro atoms. The van der Waals surface area contributed by atoms with E-state index in [1.54, 1.807) is 12.1 Å². The first-order chi connectivity index (χ1) is 13.2. The number of carbonyl (C=O) groups is 1. The molecule has 0 amide bonds. The van der Waals surface area contributed by atoms with E-state index >= 15 is 0 Å². The molecule has 5 heteroatoms. The molecule has 0 bridgehead atoms. The zero-order valence-corrected chi connectivity index (χ0v) is 15.3. The number of anilines is 1. The molecule has 0 radical (unpaired) electrons. The van der Waals surface area contributed by atoms with E-state index in [4.69, 9.17) is 14.7 Å². The van der Waals surface area contributed by atoms with E-state index in [1.807, 2.05) is 36.4 Å². The molecule has 1 saturated heterocycles. The number of aromatic nitrogens is 2. The Morgan fingerprint density at radius 1 is 1.00 bits per heavy atom. The van der Waals surface area contributed by atoms with Gasteiger partial charge in [0.15, 0.2) is 5.82 Å². The van der Waals surface area contributed by atoms with Crippen LogP contribution in [0.1, 0.15) is 34.5 Å². The van der Waals surface area contributed by atoms with E-state index in [0.29, 0.717) is 11.1 Å². The number of fused-ring (bicyclic) bond motifs is 1. The Morgan fingerprint density at radius 2 is 1.74 bits per heavy atom. The Kier molecular flexibility index (Phi) is 4.59. The van der Waals surface area contributed by atoms with E-state index in [-0.39, 0.29) is 5.97 Å². The van der Waals surface area contributed by atoms with Crippen molar-refractivity contribution >= 4 is 28.4 Å². The predicted octanol–water partition coefficient (Wildman–Crippen LogP) is 4.08. The first-order valence-corrected chi connectivity index (χ1v) is 9.07. The molecule has 1 aliphatic rings. The van der Waals surface area contributed by atoms with Gasteiger partial charge < -0.3 is 9.64 Å². The number of hydrogen-bond acceptors (Lipinski definition) is 5. The fourth-order valence-corrected chi connectivity index (χ4v) is 3.42. The van der Waals surface area contributed by atoms with Gasteiger partial charge in [-0.2, -0.15) is 0 Å². The minimum atomic E-state index is -0.376. The lowest BCUT2D eigenvalue weighted by Crippen LogP contribution is -2.21. The number of methoxy groups -OCH3 is 1. The van der Waals surface area contributed by atoms with Crippen molar-refractivity contribution in [2.75, 3.05) is 25.1 Å². The summed E-state index contributed by atoms with van der Waals surface area (Å²) in [7, 11) is 1.38. The van der Waals surface area contributed by atoms with E-state index in [1.165, 1.54) is 7.11 Å². The van der Waals surface area contributed by atoms with Gasteiger partial charge in [-0.05, 0) is 36.6 Å². The number of carbonyl (C=O) groups excluding carboxylic acids is 1. The van der Waals surface area contributed by atoms with Crippen LogP contribution in [0.2, 0.25) is 0 Å². The molecule has 0 N–H and O–H groups in total. The first kappa shape index (κ1) is 17.2. The second-order valence-corrected chi connectivity index (χ2v) is 6.63. The van der Waals surface area contributed by atoms with Crippen molar-refractivity contribution in [3.63, 3.8) is 0 Å². The molecule has 27 heavy (non-hydrogen) atoms. The number of ether oxygens (including phenoxy) is 1. The van der Waals surface area contributed by atoms with Crippen LogP contribution in [0.3, 0.4) is 0 Å². The number of hydrogen-bond donors (Lipinski definition) is 0. The average Bonchev–Trinajstić information content (AvgIpc) is 3.26. The van der Waals surface area contributed by atoms with Gasteiger partial charge in [0.25, 0.3) is 0 Å². The fraction of sp³-hybridized carbons (Fsp3) is 0.227. The van der Waals surface area contributed by atoms with Gasteiger partial charge >= 0.3 is 5.97 Å². The summed E-state index contributed by atoms with van der Waals surface area (Å²) >= 11 is 0. The predicted molar refractivity (Wildman–Crippen MR) is 107 cm³/mol. The SMILES string of the molecule is C=C(c1ccccc1)c1nc2ccc(C(=O)OC)cc2nc1N1CCCC1. The number of nitrogens with zero attached hydrogens (tertiary/aromatic N) is 3. The Balaban J connectivity index is 1.87. The van der Waals surface area contributed by atoms with Crippen molar-refractivity contribution in [3.05, 3.63) is 71.9 Å². The van der Waals surface area contributed by atoms with Crippen molar-refractivity contribution in [2.45, 2.75) is 12.8 Å². The maximum Gasteiger partial charge on any atom is 0.337 e. The first-order valence-electron chi connectivity index (χ1n) is 9.07. The molecule has 0 atom stereocenters. The van der Waals surface area contributed by atoms with E-state index in [9.17, 15) is 4.79 Å². The van der Waals surface area contributed by atoms with Crippen LogP contribution in [0.15, 0.2) is 55.1 Å². The Morgan fingerprint density at radius 3 is 2.44 bits per heavy atom. The molecule has 0 unspecified atom stereocenters. The topological polar surface area (TPSA) is 55.3 Å². The Labute approximate surface area is 158 Å². The quantitative estimate of drug-likeness (QED) is 0.657. The van der Waals surface area contributed by atoms with Gasteiger partial charge in [-0.15, -0.1) is 0 Å². The van der Waals surface area contributed by atoms with Crippen LogP contribution in [0.4, 0.5) is 5.82 Å². The average molecular weight is 359 g/mol. The summed E-state index contributed by atoms with van der Waals surface area (Å²) in [5.41, 5.74) is 4.56. The van der Waals surface area contributed by atoms with Crippen LogP contribution in [0, 0.1) is 0 Å². The summed E-state index contributed by atoms with van der Waals surface area (Å²) in [6.07, 6.45) is 2.28. The van der Waals surface area contributed by atoms with Crippen LogP contribution in [0.5, 0.6) is 0 Å². The molecule has 5 nitrogen and oxygen atoms in total. The maximum absolute atomic E-state index is 11.9. The minimum absolute atomic E-state index is 0.376. The lowest BCUT2D eigenvalue weighted by molar-refractivity contribution is 0.0601.